The lowest BCUT2D eigenvalue weighted by atomic mass is 9.96. The molecule has 186 valence electrons. The number of nitrogens with zero attached hydrogens (tertiary/aromatic N) is 4. The van der Waals surface area contributed by atoms with Crippen molar-refractivity contribution >= 4 is 39.3 Å². The maximum atomic E-state index is 9.48. The largest absolute Gasteiger partial charge is 0.369 e. The summed E-state index contributed by atoms with van der Waals surface area (Å²) in [6.07, 6.45) is -0.670. The van der Waals surface area contributed by atoms with Crippen molar-refractivity contribution in [3.63, 3.8) is 0 Å². The van der Waals surface area contributed by atoms with Crippen molar-refractivity contribution in [1.29, 1.82) is 0 Å². The van der Waals surface area contributed by atoms with E-state index in [9.17, 15) is 5.53 Å². The van der Waals surface area contributed by atoms with Gasteiger partial charge in [-0.3, -0.25) is 0 Å². The molecule has 2 fully saturated rings. The van der Waals surface area contributed by atoms with Crippen LogP contribution in [0.15, 0.2) is 87.5 Å². The molecular weight excluding hydrogens is 568 g/mol. The third kappa shape index (κ3) is 5.88. The van der Waals surface area contributed by atoms with Gasteiger partial charge >= 0.3 is 0 Å². The van der Waals surface area contributed by atoms with E-state index < -0.39 is 36.1 Å². The first kappa shape index (κ1) is 25.5. The van der Waals surface area contributed by atoms with E-state index in [4.69, 9.17) is 30.5 Å². The van der Waals surface area contributed by atoms with Crippen LogP contribution in [0.5, 0.6) is 0 Å². The maximum Gasteiger partial charge on any atom is 0.184 e. The monoisotopic (exact) mass is 588 g/mol. The molecule has 4 unspecified atom stereocenters. The first-order valence-corrected chi connectivity index (χ1v) is 13.3. The molecule has 0 saturated carbocycles. The van der Waals surface area contributed by atoms with Gasteiger partial charge in [-0.05, 0) is 33.1 Å². The van der Waals surface area contributed by atoms with E-state index in [0.29, 0.717) is 16.2 Å². The van der Waals surface area contributed by atoms with Gasteiger partial charge in [0.25, 0.3) is 0 Å². The standard InChI is InChI=1S/C25H22BrClN4O4S/c26-23-19(11-17(27)12-29-23)36-25-22(32-13-15-7-3-1-4-8-15)20(30-31-28)21-18(34-25)14-33-24(35-21)16-9-5-2-6-10-16/h1-12,18,20-22,24-25H,13-14H2/t18?,20?,21-,22?,24?,25+/m0/s1. The van der Waals surface area contributed by atoms with Crippen molar-refractivity contribution in [1.82, 2.24) is 4.98 Å². The van der Waals surface area contributed by atoms with Gasteiger partial charge in [0.05, 0.1) is 24.3 Å². The third-order valence-electron chi connectivity index (χ3n) is 5.87. The Kier molecular flexibility index (Phi) is 8.46. The summed E-state index contributed by atoms with van der Waals surface area (Å²) in [7, 11) is 0. The number of halogens is 2. The Morgan fingerprint density at radius 2 is 1.89 bits per heavy atom. The number of hydrogen-bond donors (Lipinski definition) is 0. The van der Waals surface area contributed by atoms with Crippen molar-refractivity contribution in [2.45, 2.75) is 47.6 Å². The fourth-order valence-corrected chi connectivity index (χ4v) is 6.07. The minimum Gasteiger partial charge on any atom is -0.369 e. The van der Waals surface area contributed by atoms with Gasteiger partial charge in [-0.25, -0.2) is 4.98 Å². The number of aromatic nitrogens is 1. The molecule has 6 atom stereocenters. The van der Waals surface area contributed by atoms with Crippen LogP contribution >= 0.6 is 39.3 Å². The second kappa shape index (κ2) is 11.9. The summed E-state index contributed by atoms with van der Waals surface area (Å²) in [5.41, 5.74) is 10.8. The number of azide groups is 1. The summed E-state index contributed by atoms with van der Waals surface area (Å²) in [6, 6.07) is 20.6. The van der Waals surface area contributed by atoms with Crippen LogP contribution in [0.25, 0.3) is 10.4 Å². The van der Waals surface area contributed by atoms with Crippen molar-refractivity contribution < 1.29 is 18.9 Å². The molecule has 2 saturated heterocycles. The Balaban J connectivity index is 1.44. The van der Waals surface area contributed by atoms with E-state index in [0.717, 1.165) is 16.0 Å². The average Bonchev–Trinajstić information content (AvgIpc) is 2.91. The van der Waals surface area contributed by atoms with Crippen molar-refractivity contribution in [3.8, 4) is 0 Å². The summed E-state index contributed by atoms with van der Waals surface area (Å²) in [6.45, 7) is 0.591. The molecule has 2 aliphatic rings. The van der Waals surface area contributed by atoms with Crippen LogP contribution < -0.4 is 0 Å². The van der Waals surface area contributed by atoms with E-state index >= 15 is 0 Å². The molecule has 5 rings (SSSR count). The zero-order valence-electron chi connectivity index (χ0n) is 18.9. The molecular formula is C25H22BrClN4O4S. The van der Waals surface area contributed by atoms with Crippen LogP contribution in [-0.2, 0) is 25.6 Å². The molecule has 0 bridgehead atoms. The SMILES string of the molecule is [N-]=[N+]=NC1C(OCc2ccccc2)[C@@H](Sc2cc(Cl)cnc2Br)OC2COC(c3ccccc3)O[C@@H]21. The number of rotatable bonds is 7. The number of pyridine rings is 1. The maximum absolute atomic E-state index is 9.48. The molecule has 1 aromatic heterocycles. The molecule has 2 aliphatic heterocycles. The highest BCUT2D eigenvalue weighted by atomic mass is 79.9. The minimum atomic E-state index is -0.656. The Hall–Kier alpha value is -2.14. The highest BCUT2D eigenvalue weighted by Gasteiger charge is 2.50. The Morgan fingerprint density at radius 3 is 2.64 bits per heavy atom. The van der Waals surface area contributed by atoms with Crippen molar-refractivity contribution in [3.05, 3.63) is 104 Å². The van der Waals surface area contributed by atoms with Gasteiger partial charge in [0, 0.05) is 21.6 Å². The van der Waals surface area contributed by atoms with Gasteiger partial charge in [0.1, 0.15) is 28.4 Å². The molecule has 3 heterocycles. The molecule has 2 aromatic carbocycles. The lowest BCUT2D eigenvalue weighted by Crippen LogP contribution is -2.60. The fourth-order valence-electron chi connectivity index (χ4n) is 4.19. The van der Waals surface area contributed by atoms with E-state index in [2.05, 4.69) is 30.9 Å². The number of thioether (sulfide) groups is 1. The molecule has 8 nitrogen and oxygen atoms in total. The molecule has 3 aromatic rings. The number of benzene rings is 2. The van der Waals surface area contributed by atoms with Crippen LogP contribution in [0.1, 0.15) is 17.4 Å². The van der Waals surface area contributed by atoms with E-state index in [1.165, 1.54) is 11.8 Å². The van der Waals surface area contributed by atoms with Crippen molar-refractivity contribution in [2.75, 3.05) is 6.61 Å². The minimum absolute atomic E-state index is 0.277. The number of hydrogen-bond acceptors (Lipinski definition) is 7. The topological polar surface area (TPSA) is 98.6 Å². The normalized spacial score (nSPS) is 27.6. The zero-order chi connectivity index (χ0) is 24.9. The van der Waals surface area contributed by atoms with Crippen LogP contribution in [0, 0.1) is 0 Å². The van der Waals surface area contributed by atoms with Crippen LogP contribution in [-0.4, -0.2) is 41.4 Å². The predicted octanol–water partition coefficient (Wildman–Crippen LogP) is 6.69. The van der Waals surface area contributed by atoms with Crippen LogP contribution in [0.3, 0.4) is 0 Å². The first-order valence-electron chi connectivity index (χ1n) is 11.3. The Bertz CT molecular complexity index is 1220. The lowest BCUT2D eigenvalue weighted by Gasteiger charge is -2.48. The Labute approximate surface area is 226 Å². The number of ether oxygens (including phenoxy) is 4. The molecule has 0 aliphatic carbocycles. The lowest BCUT2D eigenvalue weighted by molar-refractivity contribution is -0.300. The highest BCUT2D eigenvalue weighted by Crippen LogP contribution is 2.43. The van der Waals surface area contributed by atoms with Crippen molar-refractivity contribution in [2.24, 2.45) is 5.11 Å². The summed E-state index contributed by atoms with van der Waals surface area (Å²) in [5, 5.41) is 4.65. The molecule has 0 radical (unpaired) electrons. The van der Waals surface area contributed by atoms with E-state index in [-0.39, 0.29) is 6.61 Å². The second-order valence-electron chi connectivity index (χ2n) is 8.24. The fraction of sp³-hybridized carbons (Fsp3) is 0.320. The van der Waals surface area contributed by atoms with E-state index in [1.807, 2.05) is 60.7 Å². The molecule has 0 N–H and O–H groups in total. The number of fused-ring (bicyclic) bond motifs is 1. The van der Waals surface area contributed by atoms with Crippen LogP contribution in [0.2, 0.25) is 5.02 Å². The van der Waals surface area contributed by atoms with Gasteiger partial charge in [0.2, 0.25) is 0 Å². The van der Waals surface area contributed by atoms with E-state index in [1.54, 1.807) is 12.3 Å². The predicted molar refractivity (Wildman–Crippen MR) is 139 cm³/mol. The van der Waals surface area contributed by atoms with Gasteiger partial charge in [0.15, 0.2) is 6.29 Å². The summed E-state index contributed by atoms with van der Waals surface area (Å²) >= 11 is 11.1. The summed E-state index contributed by atoms with van der Waals surface area (Å²) < 4.78 is 25.8. The average molecular weight is 590 g/mol. The molecule has 11 heteroatoms. The Morgan fingerprint density at radius 1 is 1.14 bits per heavy atom. The summed E-state index contributed by atoms with van der Waals surface area (Å²) in [5.74, 6) is 0. The third-order valence-corrected chi connectivity index (χ3v) is 8.15. The van der Waals surface area contributed by atoms with Gasteiger partial charge < -0.3 is 18.9 Å². The van der Waals surface area contributed by atoms with Gasteiger partial charge in [-0.1, -0.05) is 89.1 Å². The molecule has 0 amide bonds. The molecule has 36 heavy (non-hydrogen) atoms. The van der Waals surface area contributed by atoms with Crippen LogP contribution in [0.4, 0.5) is 0 Å². The zero-order valence-corrected chi connectivity index (χ0v) is 22.1. The van der Waals surface area contributed by atoms with Gasteiger partial charge in [-0.15, -0.1) is 0 Å². The first-order chi connectivity index (χ1) is 17.6. The molecule has 0 spiro atoms. The smallest absolute Gasteiger partial charge is 0.184 e. The summed E-state index contributed by atoms with van der Waals surface area (Å²) in [4.78, 5) is 8.20. The van der Waals surface area contributed by atoms with Gasteiger partial charge in [-0.2, -0.15) is 0 Å². The second-order valence-corrected chi connectivity index (χ2v) is 10.6. The highest BCUT2D eigenvalue weighted by molar-refractivity contribution is 9.10. The quantitative estimate of drug-likeness (QED) is 0.132.